The van der Waals surface area contributed by atoms with Crippen molar-refractivity contribution in [2.45, 2.75) is 38.1 Å². The number of nitrogens with one attached hydrogen (secondary N) is 2. The fraction of sp³-hybridized carbons (Fsp3) is 0.333. The summed E-state index contributed by atoms with van der Waals surface area (Å²) in [5.41, 5.74) is 9.50. The second-order valence-electron chi connectivity index (χ2n) is 6.43. The van der Waals surface area contributed by atoms with Gasteiger partial charge in [0.15, 0.2) is 0 Å². The molecule has 128 valence electrons. The topological polar surface area (TPSA) is 110 Å². The average Bonchev–Trinajstić information content (AvgIpc) is 2.60. The zero-order valence-electron chi connectivity index (χ0n) is 13.7. The zero-order valence-corrected chi connectivity index (χ0v) is 13.7. The Kier molecular flexibility index (Phi) is 3.83. The molecule has 1 aliphatic carbocycles. The van der Waals surface area contributed by atoms with Crippen molar-refractivity contribution in [3.05, 3.63) is 46.8 Å². The molecule has 25 heavy (non-hydrogen) atoms. The predicted molar refractivity (Wildman–Crippen MR) is 93.0 cm³/mol. The summed E-state index contributed by atoms with van der Waals surface area (Å²) >= 11 is 0. The van der Waals surface area contributed by atoms with Gasteiger partial charge in [-0.25, -0.2) is 9.97 Å². The highest BCUT2D eigenvalue weighted by Gasteiger charge is 2.28. The smallest absolute Gasteiger partial charge is 0.270 e. The second-order valence-corrected chi connectivity index (χ2v) is 6.43. The molecule has 0 radical (unpaired) electrons. The summed E-state index contributed by atoms with van der Waals surface area (Å²) in [5.74, 6) is -0.303. The molecule has 0 saturated heterocycles. The predicted octanol–water partition coefficient (Wildman–Crippen LogP) is 1.75. The van der Waals surface area contributed by atoms with E-state index < -0.39 is 0 Å². The maximum absolute atomic E-state index is 12.9. The van der Waals surface area contributed by atoms with Crippen LogP contribution in [-0.2, 0) is 17.6 Å². The van der Waals surface area contributed by atoms with Gasteiger partial charge >= 0.3 is 0 Å². The van der Waals surface area contributed by atoms with Gasteiger partial charge < -0.3 is 16.4 Å². The van der Waals surface area contributed by atoms with Crippen molar-refractivity contribution in [1.29, 1.82) is 0 Å². The van der Waals surface area contributed by atoms with Crippen LogP contribution in [0.15, 0.2) is 24.3 Å². The summed E-state index contributed by atoms with van der Waals surface area (Å²) in [6.07, 6.45) is 3.85. The fourth-order valence-electron chi connectivity index (χ4n) is 3.57. The van der Waals surface area contributed by atoms with Gasteiger partial charge in [0.2, 0.25) is 11.9 Å². The van der Waals surface area contributed by atoms with Crippen molar-refractivity contribution in [3.8, 4) is 0 Å². The van der Waals surface area contributed by atoms with E-state index in [0.717, 1.165) is 48.2 Å². The molecule has 2 aromatic rings. The van der Waals surface area contributed by atoms with E-state index >= 15 is 0 Å². The molecule has 4 N–H and O–H groups in total. The van der Waals surface area contributed by atoms with Crippen LogP contribution in [0.3, 0.4) is 0 Å². The highest BCUT2D eigenvalue weighted by Crippen LogP contribution is 2.30. The number of fused-ring (bicyclic) bond motifs is 2. The van der Waals surface area contributed by atoms with Crippen molar-refractivity contribution in [2.75, 3.05) is 11.1 Å². The number of hydrogen-bond donors (Lipinski definition) is 3. The molecule has 2 heterocycles. The highest BCUT2D eigenvalue weighted by atomic mass is 16.2. The first-order chi connectivity index (χ1) is 12.1. The number of amides is 2. The van der Waals surface area contributed by atoms with Crippen LogP contribution >= 0.6 is 0 Å². The molecule has 0 saturated carbocycles. The molecular formula is C18H19N5O2. The molecule has 1 aromatic heterocycles. The summed E-state index contributed by atoms with van der Waals surface area (Å²) in [7, 11) is 0. The maximum Gasteiger partial charge on any atom is 0.270 e. The van der Waals surface area contributed by atoms with Gasteiger partial charge in [-0.15, -0.1) is 0 Å². The Labute approximate surface area is 145 Å². The molecule has 0 fully saturated rings. The van der Waals surface area contributed by atoms with Crippen LogP contribution in [0, 0.1) is 0 Å². The average molecular weight is 337 g/mol. The Morgan fingerprint density at radius 2 is 2.00 bits per heavy atom. The van der Waals surface area contributed by atoms with Crippen LogP contribution in [0.25, 0.3) is 0 Å². The lowest BCUT2D eigenvalue weighted by molar-refractivity contribution is -0.116. The third-order valence-electron chi connectivity index (χ3n) is 4.72. The first-order valence-electron chi connectivity index (χ1n) is 8.46. The van der Waals surface area contributed by atoms with Crippen LogP contribution < -0.4 is 16.4 Å². The van der Waals surface area contributed by atoms with Crippen molar-refractivity contribution in [1.82, 2.24) is 15.3 Å². The molecule has 0 spiro atoms. The number of carbonyl (C=O) groups excluding carboxylic acids is 2. The third kappa shape index (κ3) is 2.93. The normalized spacial score (nSPS) is 18.7. The summed E-state index contributed by atoms with van der Waals surface area (Å²) in [6, 6.07) is 7.10. The molecular weight excluding hydrogens is 318 g/mol. The van der Waals surface area contributed by atoms with Gasteiger partial charge in [-0.1, -0.05) is 18.2 Å². The standard InChI is InChI=1S/C18H19N5O2/c19-18-22-13-8-4-2-6-11(13)16(23-18)17(25)21-14-9-15(24)20-12-7-3-1-5-10(12)14/h1,3,5,7,14H,2,4,6,8-9H2,(H,20,24)(H,21,25)(H2,19,22,23). The summed E-state index contributed by atoms with van der Waals surface area (Å²) in [5, 5.41) is 5.78. The summed E-state index contributed by atoms with van der Waals surface area (Å²) in [4.78, 5) is 33.3. The van der Waals surface area contributed by atoms with E-state index in [9.17, 15) is 9.59 Å². The lowest BCUT2D eigenvalue weighted by atomic mass is 9.93. The third-order valence-corrected chi connectivity index (χ3v) is 4.72. The minimum Gasteiger partial charge on any atom is -0.368 e. The first kappa shape index (κ1) is 15.6. The Morgan fingerprint density at radius 3 is 2.88 bits per heavy atom. The number of nitrogens with zero attached hydrogens (tertiary/aromatic N) is 2. The SMILES string of the molecule is Nc1nc2c(c(C(=O)NC3CC(=O)Nc4ccccc43)n1)CCCC2. The van der Waals surface area contributed by atoms with Crippen LogP contribution in [0.5, 0.6) is 0 Å². The molecule has 1 unspecified atom stereocenters. The van der Waals surface area contributed by atoms with Crippen LogP contribution in [0.1, 0.15) is 52.6 Å². The van der Waals surface area contributed by atoms with Crippen LogP contribution in [-0.4, -0.2) is 21.8 Å². The van der Waals surface area contributed by atoms with E-state index in [1.807, 2.05) is 24.3 Å². The summed E-state index contributed by atoms with van der Waals surface area (Å²) in [6.45, 7) is 0. The number of benzene rings is 1. The van der Waals surface area contributed by atoms with Crippen LogP contribution in [0.2, 0.25) is 0 Å². The van der Waals surface area contributed by atoms with Crippen molar-refractivity contribution in [3.63, 3.8) is 0 Å². The quantitative estimate of drug-likeness (QED) is 0.773. The van der Waals surface area contributed by atoms with Crippen molar-refractivity contribution < 1.29 is 9.59 Å². The van der Waals surface area contributed by atoms with Crippen molar-refractivity contribution >= 4 is 23.5 Å². The molecule has 1 aliphatic heterocycles. The minimum atomic E-state index is -0.382. The molecule has 0 bridgehead atoms. The Bertz CT molecular complexity index is 865. The van der Waals surface area contributed by atoms with Gasteiger partial charge in [-0.3, -0.25) is 9.59 Å². The molecule has 2 amide bonds. The number of anilines is 2. The first-order valence-corrected chi connectivity index (χ1v) is 8.46. The van der Waals surface area contributed by atoms with Gasteiger partial charge in [-0.2, -0.15) is 0 Å². The molecule has 1 aromatic carbocycles. The minimum absolute atomic E-state index is 0.117. The van der Waals surface area contributed by atoms with Gasteiger partial charge in [0.05, 0.1) is 12.5 Å². The number of aryl methyl sites for hydroxylation is 1. The Balaban J connectivity index is 1.65. The van der Waals surface area contributed by atoms with E-state index in [1.54, 1.807) is 0 Å². The van der Waals surface area contributed by atoms with Crippen LogP contribution in [0.4, 0.5) is 11.6 Å². The number of carbonyl (C=O) groups is 2. The lowest BCUT2D eigenvalue weighted by Gasteiger charge is -2.27. The number of rotatable bonds is 2. The number of nitrogens with two attached hydrogens (primary N) is 1. The number of nitrogen functional groups attached to an aromatic ring is 1. The van der Waals surface area contributed by atoms with E-state index in [-0.39, 0.29) is 30.2 Å². The second kappa shape index (κ2) is 6.16. The van der Waals surface area contributed by atoms with Gasteiger partial charge in [0, 0.05) is 16.9 Å². The number of para-hydroxylation sites is 1. The molecule has 7 heteroatoms. The molecule has 2 aliphatic rings. The zero-order chi connectivity index (χ0) is 17.4. The Hall–Kier alpha value is -2.96. The lowest BCUT2D eigenvalue weighted by Crippen LogP contribution is -2.36. The summed E-state index contributed by atoms with van der Waals surface area (Å²) < 4.78 is 0. The maximum atomic E-state index is 12.9. The number of hydrogen-bond acceptors (Lipinski definition) is 5. The largest absolute Gasteiger partial charge is 0.368 e. The van der Waals surface area contributed by atoms with E-state index in [4.69, 9.17) is 5.73 Å². The van der Waals surface area contributed by atoms with Gasteiger partial charge in [-0.05, 0) is 37.3 Å². The van der Waals surface area contributed by atoms with E-state index in [1.165, 1.54) is 0 Å². The fourth-order valence-corrected chi connectivity index (χ4v) is 3.57. The van der Waals surface area contributed by atoms with E-state index in [2.05, 4.69) is 20.6 Å². The molecule has 7 nitrogen and oxygen atoms in total. The van der Waals surface area contributed by atoms with E-state index in [0.29, 0.717) is 5.69 Å². The monoisotopic (exact) mass is 337 g/mol. The van der Waals surface area contributed by atoms with Gasteiger partial charge in [0.25, 0.3) is 5.91 Å². The van der Waals surface area contributed by atoms with Crippen molar-refractivity contribution in [2.24, 2.45) is 0 Å². The number of aromatic nitrogens is 2. The van der Waals surface area contributed by atoms with Gasteiger partial charge in [0.1, 0.15) is 5.69 Å². The molecule has 4 rings (SSSR count). The highest BCUT2D eigenvalue weighted by molar-refractivity contribution is 5.98. The Morgan fingerprint density at radius 1 is 1.20 bits per heavy atom. The molecule has 1 atom stereocenters.